The summed E-state index contributed by atoms with van der Waals surface area (Å²) in [5.74, 6) is 0. The second-order valence-electron chi connectivity index (χ2n) is 3.76. The number of halogens is 1. The first-order valence-electron chi connectivity index (χ1n) is 3.97. The Balaban J connectivity index is 0.000000187. The topological polar surface area (TPSA) is 32.3 Å². The molecule has 3 heteroatoms. The molecule has 1 aliphatic rings. The minimum atomic E-state index is -0.500. The summed E-state index contributed by atoms with van der Waals surface area (Å²) in [6, 6.07) is 0. The van der Waals surface area contributed by atoms with E-state index in [2.05, 4.69) is 27.9 Å². The molecule has 0 saturated carbocycles. The second-order valence-corrected chi connectivity index (χ2v) is 5.52. The molecule has 1 aliphatic heterocycles. The van der Waals surface area contributed by atoms with Crippen molar-refractivity contribution in [1.82, 2.24) is 5.32 Å². The minimum Gasteiger partial charge on any atom is -0.391 e. The zero-order valence-corrected chi connectivity index (χ0v) is 9.68. The molecular formula is C8H18INO. The summed E-state index contributed by atoms with van der Waals surface area (Å²) in [6.07, 6.45) is 1.36. The van der Waals surface area contributed by atoms with Gasteiger partial charge in [-0.2, -0.15) is 0 Å². The van der Waals surface area contributed by atoms with Gasteiger partial charge in [-0.3, -0.25) is 0 Å². The molecule has 0 bridgehead atoms. The summed E-state index contributed by atoms with van der Waals surface area (Å²) in [6.45, 7) is 7.68. The first-order chi connectivity index (χ1) is 4.89. The van der Waals surface area contributed by atoms with Crippen molar-refractivity contribution >= 4 is 22.6 Å². The molecule has 1 rings (SSSR count). The van der Waals surface area contributed by atoms with E-state index in [0.29, 0.717) is 0 Å². The molecule has 2 N–H and O–H groups in total. The lowest BCUT2D eigenvalue weighted by Gasteiger charge is -2.04. The molecule has 0 aromatic rings. The van der Waals surface area contributed by atoms with Crippen LogP contribution >= 0.6 is 22.6 Å². The molecular weight excluding hydrogens is 253 g/mol. The maximum absolute atomic E-state index is 8.52. The van der Waals surface area contributed by atoms with E-state index >= 15 is 0 Å². The Morgan fingerprint density at radius 3 is 2.00 bits per heavy atom. The quantitative estimate of drug-likeness (QED) is 0.517. The molecule has 1 unspecified atom stereocenters. The first-order valence-corrected chi connectivity index (χ1v) is 5.21. The van der Waals surface area contributed by atoms with Gasteiger partial charge in [0.1, 0.15) is 0 Å². The average Bonchev–Trinajstić information content (AvgIpc) is 2.12. The minimum absolute atomic E-state index is 0.500. The van der Waals surface area contributed by atoms with Gasteiger partial charge in [0, 0.05) is 10.5 Å². The standard InChI is InChI=1S/C4H8IN.C4H10O/c5-4-1-2-6-3-4;1-4(2,3)5/h4,6H,1-3H2;5H,1-3H3. The van der Waals surface area contributed by atoms with Crippen LogP contribution in [0, 0.1) is 0 Å². The van der Waals surface area contributed by atoms with Gasteiger partial charge in [-0.05, 0) is 33.7 Å². The van der Waals surface area contributed by atoms with Crippen molar-refractivity contribution in [2.45, 2.75) is 36.7 Å². The molecule has 0 aromatic carbocycles. The summed E-state index contributed by atoms with van der Waals surface area (Å²) >= 11 is 2.47. The van der Waals surface area contributed by atoms with Gasteiger partial charge < -0.3 is 10.4 Å². The van der Waals surface area contributed by atoms with E-state index in [4.69, 9.17) is 5.11 Å². The van der Waals surface area contributed by atoms with Crippen LogP contribution < -0.4 is 5.32 Å². The van der Waals surface area contributed by atoms with Crippen molar-refractivity contribution in [2.24, 2.45) is 0 Å². The fourth-order valence-corrected chi connectivity index (χ4v) is 1.24. The fourth-order valence-electron chi connectivity index (χ4n) is 0.619. The number of rotatable bonds is 0. The van der Waals surface area contributed by atoms with E-state index in [9.17, 15) is 0 Å². The first kappa shape index (κ1) is 11.6. The molecule has 0 radical (unpaired) electrons. The Labute approximate surface area is 82.9 Å². The van der Waals surface area contributed by atoms with E-state index in [1.165, 1.54) is 19.5 Å². The normalized spacial score (nSPS) is 24.3. The summed E-state index contributed by atoms with van der Waals surface area (Å²) < 4.78 is 0.905. The predicted molar refractivity (Wildman–Crippen MR) is 57.3 cm³/mol. The van der Waals surface area contributed by atoms with Gasteiger partial charge >= 0.3 is 0 Å². The summed E-state index contributed by atoms with van der Waals surface area (Å²) in [4.78, 5) is 0. The Bertz CT molecular complexity index is 88.8. The van der Waals surface area contributed by atoms with Crippen LogP contribution in [0.2, 0.25) is 0 Å². The van der Waals surface area contributed by atoms with E-state index in [1.807, 2.05) is 0 Å². The molecule has 1 heterocycles. The monoisotopic (exact) mass is 271 g/mol. The molecule has 0 spiro atoms. The van der Waals surface area contributed by atoms with Crippen molar-refractivity contribution < 1.29 is 5.11 Å². The lowest BCUT2D eigenvalue weighted by Crippen LogP contribution is -2.10. The predicted octanol–water partition coefficient (Wildman–Crippen LogP) is 1.56. The van der Waals surface area contributed by atoms with Gasteiger partial charge in [0.2, 0.25) is 0 Å². The number of hydrogen-bond donors (Lipinski definition) is 2. The van der Waals surface area contributed by atoms with Crippen LogP contribution in [0.25, 0.3) is 0 Å². The van der Waals surface area contributed by atoms with Crippen molar-refractivity contribution in [1.29, 1.82) is 0 Å². The third-order valence-electron chi connectivity index (χ3n) is 1.00. The van der Waals surface area contributed by atoms with E-state index in [1.54, 1.807) is 20.8 Å². The summed E-state index contributed by atoms with van der Waals surface area (Å²) in [5, 5.41) is 11.8. The van der Waals surface area contributed by atoms with Crippen molar-refractivity contribution in [3.05, 3.63) is 0 Å². The van der Waals surface area contributed by atoms with Crippen LogP contribution in [0.15, 0.2) is 0 Å². The van der Waals surface area contributed by atoms with Crippen LogP contribution in [0.5, 0.6) is 0 Å². The van der Waals surface area contributed by atoms with Crippen LogP contribution in [0.4, 0.5) is 0 Å². The third-order valence-corrected chi connectivity index (χ3v) is 2.06. The highest BCUT2D eigenvalue weighted by atomic mass is 127. The van der Waals surface area contributed by atoms with Crippen molar-refractivity contribution in [2.75, 3.05) is 13.1 Å². The van der Waals surface area contributed by atoms with Crippen molar-refractivity contribution in [3.63, 3.8) is 0 Å². The summed E-state index contributed by atoms with van der Waals surface area (Å²) in [5.41, 5.74) is -0.500. The molecule has 1 atom stereocenters. The van der Waals surface area contributed by atoms with Crippen molar-refractivity contribution in [3.8, 4) is 0 Å². The highest BCUT2D eigenvalue weighted by Crippen LogP contribution is 2.07. The molecule has 11 heavy (non-hydrogen) atoms. The van der Waals surface area contributed by atoms with Crippen LogP contribution in [0.3, 0.4) is 0 Å². The number of aliphatic hydroxyl groups is 1. The Kier molecular flexibility index (Phi) is 5.64. The smallest absolute Gasteiger partial charge is 0.0563 e. The maximum atomic E-state index is 8.52. The van der Waals surface area contributed by atoms with Gasteiger partial charge in [-0.25, -0.2) is 0 Å². The Hall–Kier alpha value is 0.650. The number of alkyl halides is 1. The number of nitrogens with one attached hydrogen (secondary N) is 1. The zero-order valence-electron chi connectivity index (χ0n) is 7.52. The molecule has 0 aliphatic carbocycles. The highest BCUT2D eigenvalue weighted by molar-refractivity contribution is 14.1. The van der Waals surface area contributed by atoms with Crippen LogP contribution in [-0.4, -0.2) is 27.7 Å². The lowest BCUT2D eigenvalue weighted by molar-refractivity contribution is 0.102. The summed E-state index contributed by atoms with van der Waals surface area (Å²) in [7, 11) is 0. The molecule has 68 valence electrons. The molecule has 0 aromatic heterocycles. The van der Waals surface area contributed by atoms with E-state index in [-0.39, 0.29) is 0 Å². The molecule has 0 amide bonds. The van der Waals surface area contributed by atoms with Gasteiger partial charge in [0.15, 0.2) is 0 Å². The van der Waals surface area contributed by atoms with Gasteiger partial charge in [-0.1, -0.05) is 22.6 Å². The van der Waals surface area contributed by atoms with E-state index < -0.39 is 5.60 Å². The zero-order chi connectivity index (χ0) is 8.91. The van der Waals surface area contributed by atoms with Crippen LogP contribution in [-0.2, 0) is 0 Å². The lowest BCUT2D eigenvalue weighted by atomic mass is 10.2. The average molecular weight is 271 g/mol. The fraction of sp³-hybridized carbons (Fsp3) is 1.00. The SMILES string of the molecule is CC(C)(C)O.IC1CCNC1. The second kappa shape index (κ2) is 5.32. The van der Waals surface area contributed by atoms with Gasteiger partial charge in [0.05, 0.1) is 5.60 Å². The highest BCUT2D eigenvalue weighted by Gasteiger charge is 2.07. The van der Waals surface area contributed by atoms with Gasteiger partial charge in [0.25, 0.3) is 0 Å². The molecule has 1 saturated heterocycles. The third kappa shape index (κ3) is 13.6. The Morgan fingerprint density at radius 2 is 1.91 bits per heavy atom. The van der Waals surface area contributed by atoms with Gasteiger partial charge in [-0.15, -0.1) is 0 Å². The molecule has 2 nitrogen and oxygen atoms in total. The largest absolute Gasteiger partial charge is 0.391 e. The Morgan fingerprint density at radius 1 is 1.45 bits per heavy atom. The maximum Gasteiger partial charge on any atom is 0.0563 e. The number of hydrogen-bond acceptors (Lipinski definition) is 2. The van der Waals surface area contributed by atoms with Crippen LogP contribution in [0.1, 0.15) is 27.2 Å². The molecule has 1 fully saturated rings. The van der Waals surface area contributed by atoms with E-state index in [0.717, 1.165) is 3.92 Å².